The molecule has 0 aromatic heterocycles. The summed E-state index contributed by atoms with van der Waals surface area (Å²) in [4.78, 5) is 27.2. The lowest BCUT2D eigenvalue weighted by Gasteiger charge is -2.31. The van der Waals surface area contributed by atoms with Gasteiger partial charge in [0, 0.05) is 32.0 Å². The average molecular weight is 468 g/mol. The van der Waals surface area contributed by atoms with Crippen molar-refractivity contribution < 1.29 is 18.0 Å². The lowest BCUT2D eigenvalue weighted by Crippen LogP contribution is -2.41. The highest BCUT2D eigenvalue weighted by atomic mass is 32.2. The number of hydrogen-bond donors (Lipinski definition) is 1. The highest BCUT2D eigenvalue weighted by molar-refractivity contribution is 7.89. The molecule has 2 aliphatic heterocycles. The number of aryl methyl sites for hydroxylation is 2. The summed E-state index contributed by atoms with van der Waals surface area (Å²) in [6.45, 7) is 1.30. The van der Waals surface area contributed by atoms with Gasteiger partial charge in [-0.3, -0.25) is 9.59 Å². The van der Waals surface area contributed by atoms with Gasteiger partial charge in [0.15, 0.2) is 0 Å². The molecule has 0 radical (unpaired) electrons. The molecule has 2 heterocycles. The van der Waals surface area contributed by atoms with Crippen LogP contribution in [0.3, 0.4) is 0 Å². The van der Waals surface area contributed by atoms with Crippen molar-refractivity contribution >= 4 is 33.2 Å². The summed E-state index contributed by atoms with van der Waals surface area (Å²) in [6.07, 6.45) is 5.32. The van der Waals surface area contributed by atoms with E-state index in [1.165, 1.54) is 9.87 Å². The van der Waals surface area contributed by atoms with Crippen LogP contribution in [-0.2, 0) is 32.5 Å². The Bertz CT molecular complexity index is 1190. The Balaban J connectivity index is 1.24. The van der Waals surface area contributed by atoms with E-state index in [0.29, 0.717) is 49.5 Å². The summed E-state index contributed by atoms with van der Waals surface area (Å²) < 4.78 is 27.8. The number of anilines is 2. The maximum Gasteiger partial charge on any atom is 0.243 e. The van der Waals surface area contributed by atoms with Gasteiger partial charge in [-0.25, -0.2) is 8.42 Å². The predicted octanol–water partition coefficient (Wildman–Crippen LogP) is 3.34. The molecular formula is C25H29N3O4S. The molecule has 0 saturated carbocycles. The van der Waals surface area contributed by atoms with Crippen molar-refractivity contribution in [3.8, 4) is 0 Å². The van der Waals surface area contributed by atoms with E-state index >= 15 is 0 Å². The van der Waals surface area contributed by atoms with Crippen LogP contribution in [0.15, 0.2) is 47.4 Å². The van der Waals surface area contributed by atoms with Crippen LogP contribution in [0.4, 0.5) is 11.4 Å². The average Bonchev–Trinajstić information content (AvgIpc) is 3.47. The molecule has 174 valence electrons. The zero-order chi connectivity index (χ0) is 23.0. The van der Waals surface area contributed by atoms with Crippen molar-refractivity contribution in [2.24, 2.45) is 5.92 Å². The second-order valence-corrected chi connectivity index (χ2v) is 11.1. The molecular weight excluding hydrogens is 438 g/mol. The molecule has 0 atom stereocenters. The molecule has 2 fully saturated rings. The minimum absolute atomic E-state index is 0.0711. The summed E-state index contributed by atoms with van der Waals surface area (Å²) in [5.41, 5.74) is 3.75. The minimum Gasteiger partial charge on any atom is -0.324 e. The second kappa shape index (κ2) is 8.91. The summed E-state index contributed by atoms with van der Waals surface area (Å²) in [7, 11) is -3.56. The molecule has 0 bridgehead atoms. The number of fused-ring (bicyclic) bond motifs is 1. The van der Waals surface area contributed by atoms with Gasteiger partial charge < -0.3 is 10.2 Å². The van der Waals surface area contributed by atoms with Gasteiger partial charge in [-0.2, -0.15) is 4.31 Å². The Morgan fingerprint density at radius 3 is 2.42 bits per heavy atom. The normalized spacial score (nSPS) is 19.6. The molecule has 3 aliphatic rings. The third-order valence-electron chi connectivity index (χ3n) is 7.06. The number of hydrogen-bond acceptors (Lipinski definition) is 4. The number of carbonyl (C=O) groups excluding carboxylic acids is 2. The molecule has 0 unspecified atom stereocenters. The quantitative estimate of drug-likeness (QED) is 0.731. The van der Waals surface area contributed by atoms with Crippen LogP contribution < -0.4 is 10.2 Å². The van der Waals surface area contributed by atoms with Crippen LogP contribution in [0, 0.1) is 5.92 Å². The van der Waals surface area contributed by atoms with Crippen molar-refractivity contribution in [3.63, 3.8) is 0 Å². The summed E-state index contributed by atoms with van der Waals surface area (Å²) in [5, 5.41) is 2.99. The number of piperidine rings is 1. The van der Waals surface area contributed by atoms with Gasteiger partial charge in [0.25, 0.3) is 0 Å². The maximum atomic E-state index is 13.2. The molecule has 33 heavy (non-hydrogen) atoms. The molecule has 1 N–H and O–H groups in total. The zero-order valence-electron chi connectivity index (χ0n) is 18.6. The minimum atomic E-state index is -3.56. The van der Waals surface area contributed by atoms with Crippen LogP contribution in [0.5, 0.6) is 0 Å². The van der Waals surface area contributed by atoms with Gasteiger partial charge in [0.05, 0.1) is 16.3 Å². The third kappa shape index (κ3) is 4.29. The van der Waals surface area contributed by atoms with Gasteiger partial charge in [0.1, 0.15) is 0 Å². The second-order valence-electron chi connectivity index (χ2n) is 9.12. The number of benzene rings is 2. The SMILES string of the molecule is O=C(Nc1ccccc1N1CCCC1=O)C1CCN(S(=O)(=O)c2ccc3c(c2)CCC3)CC1. The molecule has 2 amide bonds. The van der Waals surface area contributed by atoms with E-state index in [0.717, 1.165) is 36.9 Å². The van der Waals surface area contributed by atoms with E-state index in [4.69, 9.17) is 0 Å². The van der Waals surface area contributed by atoms with Crippen molar-refractivity contribution in [1.82, 2.24) is 4.31 Å². The van der Waals surface area contributed by atoms with Crippen LogP contribution in [-0.4, -0.2) is 44.2 Å². The first-order chi connectivity index (χ1) is 15.9. The number of carbonyl (C=O) groups is 2. The van der Waals surface area contributed by atoms with E-state index < -0.39 is 10.0 Å². The Kier molecular flexibility index (Phi) is 5.97. The van der Waals surface area contributed by atoms with Gasteiger partial charge in [0.2, 0.25) is 21.8 Å². The lowest BCUT2D eigenvalue weighted by atomic mass is 9.97. The largest absolute Gasteiger partial charge is 0.324 e. The van der Waals surface area contributed by atoms with Gasteiger partial charge in [-0.05, 0) is 73.9 Å². The fourth-order valence-electron chi connectivity index (χ4n) is 5.17. The summed E-state index contributed by atoms with van der Waals surface area (Å²) >= 11 is 0. The van der Waals surface area contributed by atoms with Gasteiger partial charge in [-0.1, -0.05) is 18.2 Å². The number of amides is 2. The topological polar surface area (TPSA) is 86.8 Å². The first-order valence-electron chi connectivity index (χ1n) is 11.8. The molecule has 7 nitrogen and oxygen atoms in total. The maximum absolute atomic E-state index is 13.2. The highest BCUT2D eigenvalue weighted by Gasteiger charge is 2.33. The lowest BCUT2D eigenvalue weighted by molar-refractivity contribution is -0.121. The highest BCUT2D eigenvalue weighted by Crippen LogP contribution is 2.32. The Labute approximate surface area is 194 Å². The van der Waals surface area contributed by atoms with Crippen LogP contribution in [0.1, 0.15) is 43.2 Å². The van der Waals surface area contributed by atoms with Crippen LogP contribution in [0.2, 0.25) is 0 Å². The Morgan fingerprint density at radius 2 is 1.67 bits per heavy atom. The smallest absolute Gasteiger partial charge is 0.243 e. The van der Waals surface area contributed by atoms with E-state index in [1.54, 1.807) is 11.0 Å². The standard InChI is InChI=1S/C25H29N3O4S/c29-24-9-4-14-28(24)23-8-2-1-7-22(23)26-25(30)19-12-15-27(16-13-19)33(31,32)21-11-10-18-5-3-6-20(18)17-21/h1-2,7-8,10-11,17,19H,3-6,9,12-16H2,(H,26,30). The van der Waals surface area contributed by atoms with E-state index in [9.17, 15) is 18.0 Å². The molecule has 8 heteroatoms. The fourth-order valence-corrected chi connectivity index (χ4v) is 6.69. The monoisotopic (exact) mass is 467 g/mol. The molecule has 2 aromatic rings. The number of rotatable bonds is 5. The Morgan fingerprint density at radius 1 is 0.909 bits per heavy atom. The summed E-state index contributed by atoms with van der Waals surface area (Å²) in [5.74, 6) is -0.316. The predicted molar refractivity (Wildman–Crippen MR) is 127 cm³/mol. The number of sulfonamides is 1. The van der Waals surface area contributed by atoms with Crippen LogP contribution >= 0.6 is 0 Å². The van der Waals surface area contributed by atoms with E-state index in [-0.39, 0.29) is 17.7 Å². The Hall–Kier alpha value is -2.71. The van der Waals surface area contributed by atoms with Crippen molar-refractivity contribution in [2.45, 2.75) is 49.8 Å². The number of para-hydroxylation sites is 2. The van der Waals surface area contributed by atoms with Crippen molar-refractivity contribution in [3.05, 3.63) is 53.6 Å². The van der Waals surface area contributed by atoms with Crippen LogP contribution in [0.25, 0.3) is 0 Å². The molecule has 2 aromatic carbocycles. The number of nitrogens with one attached hydrogen (secondary N) is 1. The first kappa shape index (κ1) is 22.1. The number of nitrogens with zero attached hydrogens (tertiary/aromatic N) is 2. The fraction of sp³-hybridized carbons (Fsp3) is 0.440. The zero-order valence-corrected chi connectivity index (χ0v) is 19.4. The molecule has 1 aliphatic carbocycles. The molecule has 0 spiro atoms. The molecule has 2 saturated heterocycles. The van der Waals surface area contributed by atoms with Gasteiger partial charge >= 0.3 is 0 Å². The molecule has 5 rings (SSSR count). The van der Waals surface area contributed by atoms with Gasteiger partial charge in [-0.15, -0.1) is 0 Å². The van der Waals surface area contributed by atoms with E-state index in [1.807, 2.05) is 36.4 Å². The summed E-state index contributed by atoms with van der Waals surface area (Å²) in [6, 6.07) is 12.8. The van der Waals surface area contributed by atoms with E-state index in [2.05, 4.69) is 5.32 Å². The van der Waals surface area contributed by atoms with Crippen molar-refractivity contribution in [1.29, 1.82) is 0 Å². The first-order valence-corrected chi connectivity index (χ1v) is 13.2. The third-order valence-corrected chi connectivity index (χ3v) is 8.95. The van der Waals surface area contributed by atoms with Crippen molar-refractivity contribution in [2.75, 3.05) is 29.9 Å².